The molecule has 39 heavy (non-hydrogen) atoms. The highest BCUT2D eigenvalue weighted by Crippen LogP contribution is 2.33. The lowest BCUT2D eigenvalue weighted by molar-refractivity contribution is -0.142. The smallest absolute Gasteiger partial charge is 0.433 e. The number of alkyl halides is 3. The largest absolute Gasteiger partial charge is 0.497 e. The summed E-state index contributed by atoms with van der Waals surface area (Å²) in [5.74, 6) is 0.0225. The molecular formula is C27H22ClF3N6O2. The molecule has 0 fully saturated rings. The molecule has 0 aliphatic carbocycles. The first-order chi connectivity index (χ1) is 18.5. The highest BCUT2D eigenvalue weighted by Gasteiger charge is 2.35. The Labute approximate surface area is 226 Å². The van der Waals surface area contributed by atoms with E-state index < -0.39 is 17.8 Å². The van der Waals surface area contributed by atoms with Gasteiger partial charge in [0.2, 0.25) is 0 Å². The summed E-state index contributed by atoms with van der Waals surface area (Å²) in [4.78, 5) is 17.4. The lowest BCUT2D eigenvalue weighted by Crippen LogP contribution is -2.16. The summed E-state index contributed by atoms with van der Waals surface area (Å²) in [6.45, 7) is 3.96. The lowest BCUT2D eigenvalue weighted by atomic mass is 10.1. The molecule has 0 saturated carbocycles. The fraction of sp³-hybridized carbons (Fsp3) is 0.185. The lowest BCUT2D eigenvalue weighted by Gasteiger charge is -2.11. The van der Waals surface area contributed by atoms with E-state index in [4.69, 9.17) is 16.3 Å². The van der Waals surface area contributed by atoms with E-state index in [-0.39, 0.29) is 17.0 Å². The quantitative estimate of drug-likeness (QED) is 0.270. The number of amides is 1. The topological polar surface area (TPSA) is 86.3 Å². The number of carbonyl (C=O) groups is 1. The third kappa shape index (κ3) is 5.30. The van der Waals surface area contributed by atoms with E-state index >= 15 is 0 Å². The second-order valence-corrected chi connectivity index (χ2v) is 9.28. The van der Waals surface area contributed by atoms with E-state index in [2.05, 4.69) is 20.5 Å². The number of rotatable bonds is 6. The van der Waals surface area contributed by atoms with Crippen molar-refractivity contribution in [1.82, 2.24) is 24.4 Å². The predicted molar refractivity (Wildman–Crippen MR) is 140 cm³/mol. The summed E-state index contributed by atoms with van der Waals surface area (Å²) in [7, 11) is 1.58. The van der Waals surface area contributed by atoms with Crippen LogP contribution in [-0.4, -0.2) is 37.4 Å². The molecule has 200 valence electrons. The Morgan fingerprint density at radius 3 is 2.49 bits per heavy atom. The van der Waals surface area contributed by atoms with E-state index in [1.807, 2.05) is 24.3 Å². The predicted octanol–water partition coefficient (Wildman–Crippen LogP) is 6.19. The molecule has 0 bridgehead atoms. The fourth-order valence-corrected chi connectivity index (χ4v) is 4.33. The number of fused-ring (bicyclic) bond motifs is 1. The molecule has 0 aliphatic heterocycles. The number of ether oxygens (including phenoxy) is 1. The van der Waals surface area contributed by atoms with Gasteiger partial charge >= 0.3 is 6.18 Å². The van der Waals surface area contributed by atoms with E-state index in [0.29, 0.717) is 44.5 Å². The number of benzene rings is 2. The molecule has 1 N–H and O–H groups in total. The molecule has 12 heteroatoms. The Balaban J connectivity index is 1.46. The van der Waals surface area contributed by atoms with Gasteiger partial charge in [-0.1, -0.05) is 35.9 Å². The molecule has 8 nitrogen and oxygen atoms in total. The van der Waals surface area contributed by atoms with Gasteiger partial charge in [0.15, 0.2) is 17.0 Å². The van der Waals surface area contributed by atoms with E-state index in [0.717, 1.165) is 11.6 Å². The summed E-state index contributed by atoms with van der Waals surface area (Å²) in [6.07, 6.45) is -4.74. The molecule has 0 aliphatic rings. The minimum absolute atomic E-state index is 0.0730. The molecule has 5 rings (SSSR count). The van der Waals surface area contributed by atoms with E-state index in [1.165, 1.54) is 6.07 Å². The zero-order valence-corrected chi connectivity index (χ0v) is 21.8. The summed E-state index contributed by atoms with van der Waals surface area (Å²) >= 11 is 5.91. The van der Waals surface area contributed by atoms with Crippen molar-refractivity contribution in [3.63, 3.8) is 0 Å². The maximum absolute atomic E-state index is 13.9. The number of hydrogen-bond acceptors (Lipinski definition) is 5. The van der Waals surface area contributed by atoms with Crippen LogP contribution >= 0.6 is 11.6 Å². The standard InChI is InChI=1S/C27H22ClF3N6O2/c1-15-25(16(2)36(34-15)14-17-5-4-6-20(11-17)39-3)33-26(38)22-13-24-32-21(18-7-9-19(28)10-8-18)12-23(27(29,30)31)37(24)35-22/h4-13H,14H2,1-3H3,(H,33,38). The van der Waals surface area contributed by atoms with Gasteiger partial charge in [0.05, 0.1) is 36.4 Å². The fourth-order valence-electron chi connectivity index (χ4n) is 4.21. The molecule has 2 aromatic carbocycles. The molecule has 0 saturated heterocycles. The van der Waals surface area contributed by atoms with Crippen molar-refractivity contribution in [1.29, 1.82) is 0 Å². The number of hydrogen-bond donors (Lipinski definition) is 1. The van der Waals surface area contributed by atoms with Crippen molar-refractivity contribution in [3.8, 4) is 17.0 Å². The van der Waals surface area contributed by atoms with Crippen molar-refractivity contribution < 1.29 is 22.7 Å². The van der Waals surface area contributed by atoms with Gasteiger partial charge in [0, 0.05) is 16.7 Å². The highest BCUT2D eigenvalue weighted by molar-refractivity contribution is 6.30. The maximum atomic E-state index is 13.9. The Bertz CT molecular complexity index is 1690. The average molecular weight is 555 g/mol. The molecule has 1 amide bonds. The van der Waals surface area contributed by atoms with Gasteiger partial charge in [-0.25, -0.2) is 9.50 Å². The first-order valence-electron chi connectivity index (χ1n) is 11.8. The van der Waals surface area contributed by atoms with Gasteiger partial charge in [0.1, 0.15) is 5.75 Å². The zero-order valence-electron chi connectivity index (χ0n) is 21.0. The molecule has 3 heterocycles. The molecule has 5 aromatic rings. The second kappa shape index (κ2) is 10.1. The number of carbonyl (C=O) groups excluding carboxylic acids is 1. The number of nitrogens with one attached hydrogen (secondary N) is 1. The third-order valence-corrected chi connectivity index (χ3v) is 6.43. The first-order valence-corrected chi connectivity index (χ1v) is 12.1. The third-order valence-electron chi connectivity index (χ3n) is 6.18. The average Bonchev–Trinajstić information content (AvgIpc) is 3.44. The van der Waals surface area contributed by atoms with Gasteiger partial charge < -0.3 is 10.1 Å². The van der Waals surface area contributed by atoms with Crippen molar-refractivity contribution in [3.05, 3.63) is 94.0 Å². The maximum Gasteiger partial charge on any atom is 0.433 e. The summed E-state index contributed by atoms with van der Waals surface area (Å²) in [5, 5.41) is 11.6. The molecule has 0 unspecified atom stereocenters. The van der Waals surface area contributed by atoms with Crippen LogP contribution < -0.4 is 10.1 Å². The van der Waals surface area contributed by atoms with Crippen LogP contribution in [0.1, 0.15) is 33.1 Å². The van der Waals surface area contributed by atoms with Gasteiger partial charge in [-0.05, 0) is 49.7 Å². The van der Waals surface area contributed by atoms with Gasteiger partial charge in [-0.3, -0.25) is 9.48 Å². The molecular weight excluding hydrogens is 533 g/mol. The Kier molecular flexibility index (Phi) is 6.77. The Morgan fingerprint density at radius 1 is 1.05 bits per heavy atom. The monoisotopic (exact) mass is 554 g/mol. The van der Waals surface area contributed by atoms with Gasteiger partial charge in [0.25, 0.3) is 5.91 Å². The van der Waals surface area contributed by atoms with Crippen molar-refractivity contribution >= 4 is 28.8 Å². The van der Waals surface area contributed by atoms with E-state index in [9.17, 15) is 18.0 Å². The zero-order chi connectivity index (χ0) is 27.9. The minimum atomic E-state index is -4.74. The van der Waals surface area contributed by atoms with Crippen LogP contribution in [0.3, 0.4) is 0 Å². The molecule has 3 aromatic heterocycles. The van der Waals surface area contributed by atoms with Crippen molar-refractivity contribution in [2.75, 3.05) is 12.4 Å². The number of halogens is 4. The van der Waals surface area contributed by atoms with Crippen LogP contribution in [0.15, 0.2) is 60.7 Å². The van der Waals surface area contributed by atoms with Crippen LogP contribution in [0.2, 0.25) is 5.02 Å². The summed E-state index contributed by atoms with van der Waals surface area (Å²) in [5.41, 5.74) is 1.72. The molecule has 0 atom stereocenters. The van der Waals surface area contributed by atoms with Gasteiger partial charge in [-0.2, -0.15) is 23.4 Å². The van der Waals surface area contributed by atoms with Crippen LogP contribution in [-0.2, 0) is 12.7 Å². The Morgan fingerprint density at radius 2 is 1.79 bits per heavy atom. The molecule has 0 radical (unpaired) electrons. The van der Waals surface area contributed by atoms with Crippen molar-refractivity contribution in [2.45, 2.75) is 26.6 Å². The van der Waals surface area contributed by atoms with Gasteiger partial charge in [-0.15, -0.1) is 0 Å². The summed E-state index contributed by atoms with van der Waals surface area (Å²) in [6, 6.07) is 15.9. The number of nitrogens with zero attached hydrogens (tertiary/aromatic N) is 5. The van der Waals surface area contributed by atoms with E-state index in [1.54, 1.807) is 49.9 Å². The van der Waals surface area contributed by atoms with Crippen LogP contribution in [0.25, 0.3) is 16.9 Å². The number of methoxy groups -OCH3 is 1. The van der Waals surface area contributed by atoms with Crippen LogP contribution in [0.4, 0.5) is 18.9 Å². The number of aromatic nitrogens is 5. The highest BCUT2D eigenvalue weighted by atomic mass is 35.5. The van der Waals surface area contributed by atoms with Crippen LogP contribution in [0.5, 0.6) is 5.75 Å². The summed E-state index contributed by atoms with van der Waals surface area (Å²) < 4.78 is 49.4. The normalized spacial score (nSPS) is 11.7. The second-order valence-electron chi connectivity index (χ2n) is 8.84. The minimum Gasteiger partial charge on any atom is -0.497 e. The number of anilines is 1. The van der Waals surface area contributed by atoms with Crippen molar-refractivity contribution in [2.24, 2.45) is 0 Å². The molecule has 0 spiro atoms. The number of aryl methyl sites for hydroxylation is 1. The Hall–Kier alpha value is -4.38. The van der Waals surface area contributed by atoms with Crippen LogP contribution in [0, 0.1) is 13.8 Å². The SMILES string of the molecule is COc1cccc(Cn2nc(C)c(NC(=O)c3cc4nc(-c5ccc(Cl)cc5)cc(C(F)(F)F)n4n3)c2C)c1. The first kappa shape index (κ1) is 26.2.